The number of hydrogen-bond donors (Lipinski definition) is 0. The summed E-state index contributed by atoms with van der Waals surface area (Å²) in [5.41, 5.74) is 0.685. The van der Waals surface area contributed by atoms with Crippen molar-refractivity contribution in [1.82, 2.24) is 0 Å². The summed E-state index contributed by atoms with van der Waals surface area (Å²) >= 11 is 5.66. The van der Waals surface area contributed by atoms with E-state index in [1.54, 1.807) is 24.3 Å². The highest BCUT2D eigenvalue weighted by Crippen LogP contribution is 2.16. The average Bonchev–Trinajstić information content (AvgIpc) is 2.01. The highest BCUT2D eigenvalue weighted by molar-refractivity contribution is 6.30. The molecule has 0 N–H and O–H groups in total. The van der Waals surface area contributed by atoms with Crippen LogP contribution in [-0.2, 0) is 4.79 Å². The predicted octanol–water partition coefficient (Wildman–Crippen LogP) is 2.24. The normalized spacial score (nSPS) is 10.3. The molecule has 0 aliphatic rings. The minimum atomic E-state index is 0.616. The zero-order valence-electron chi connectivity index (χ0n) is 5.70. The quantitative estimate of drug-likeness (QED) is 0.491. The number of carbonyl (C=O) groups excluding carboxylic acids is 1. The monoisotopic (exact) mass is 167 g/mol. The molecule has 0 atom stereocenters. The van der Waals surface area contributed by atoms with Gasteiger partial charge < -0.3 is 0 Å². The van der Waals surface area contributed by atoms with Crippen molar-refractivity contribution in [2.45, 2.75) is 0 Å². The Hall–Kier alpha value is -1.15. The second-order valence-corrected chi connectivity index (χ2v) is 2.33. The molecule has 1 aromatic carbocycles. The molecule has 2 nitrogen and oxygen atoms in total. The van der Waals surface area contributed by atoms with Crippen molar-refractivity contribution in [2.75, 3.05) is 0 Å². The molecule has 0 unspecified atom stereocenters. The van der Waals surface area contributed by atoms with Crippen LogP contribution < -0.4 is 0 Å². The van der Waals surface area contributed by atoms with E-state index in [2.05, 4.69) is 4.99 Å². The predicted molar refractivity (Wildman–Crippen MR) is 45.7 cm³/mol. The minimum absolute atomic E-state index is 0.616. The van der Waals surface area contributed by atoms with Gasteiger partial charge in [-0.15, -0.1) is 0 Å². The maximum atomic E-state index is 9.88. The minimum Gasteiger partial charge on any atom is -0.297 e. The fourth-order valence-electron chi connectivity index (χ4n) is 0.673. The molecule has 11 heavy (non-hydrogen) atoms. The Morgan fingerprint density at radius 1 is 1.45 bits per heavy atom. The third kappa shape index (κ3) is 2.51. The summed E-state index contributed by atoms with van der Waals surface area (Å²) in [6.07, 6.45) is 1.81. The number of nitrogens with zero attached hydrogens (tertiary/aromatic N) is 1. The van der Waals surface area contributed by atoms with E-state index in [0.29, 0.717) is 17.0 Å². The highest BCUT2D eigenvalue weighted by Gasteiger charge is 1.87. The number of aldehydes is 1. The Bertz CT molecular complexity index is 283. The average molecular weight is 168 g/mol. The number of benzene rings is 1. The molecule has 0 heterocycles. The van der Waals surface area contributed by atoms with Crippen LogP contribution in [0.4, 0.5) is 5.69 Å². The molecule has 0 spiro atoms. The van der Waals surface area contributed by atoms with Gasteiger partial charge >= 0.3 is 0 Å². The Morgan fingerprint density at radius 2 is 2.27 bits per heavy atom. The van der Waals surface area contributed by atoms with Crippen molar-refractivity contribution in [3.05, 3.63) is 29.3 Å². The van der Waals surface area contributed by atoms with Crippen LogP contribution in [0.2, 0.25) is 5.02 Å². The largest absolute Gasteiger partial charge is 0.297 e. The van der Waals surface area contributed by atoms with E-state index in [9.17, 15) is 4.79 Å². The summed E-state index contributed by atoms with van der Waals surface area (Å²) in [5, 5.41) is 0.616. The zero-order valence-corrected chi connectivity index (χ0v) is 6.45. The van der Waals surface area contributed by atoms with Crippen molar-refractivity contribution in [3.8, 4) is 0 Å². The van der Waals surface area contributed by atoms with E-state index < -0.39 is 0 Å². The summed E-state index contributed by atoms with van der Waals surface area (Å²) in [6, 6.07) is 6.98. The fourth-order valence-corrected chi connectivity index (χ4v) is 0.857. The fraction of sp³-hybridized carbons (Fsp3) is 0. The van der Waals surface area contributed by atoms with Crippen LogP contribution >= 0.6 is 11.6 Å². The first kappa shape index (κ1) is 7.95. The van der Waals surface area contributed by atoms with E-state index in [4.69, 9.17) is 11.6 Å². The van der Waals surface area contributed by atoms with Crippen LogP contribution in [0.15, 0.2) is 29.3 Å². The maximum Gasteiger partial charge on any atom is 0.161 e. The van der Waals surface area contributed by atoms with Gasteiger partial charge in [0.15, 0.2) is 6.29 Å². The van der Waals surface area contributed by atoms with Gasteiger partial charge in [0.25, 0.3) is 0 Å². The Morgan fingerprint density at radius 3 is 2.91 bits per heavy atom. The molecule has 0 saturated carbocycles. The number of halogens is 1. The van der Waals surface area contributed by atoms with Crippen molar-refractivity contribution >= 4 is 29.8 Å². The lowest BCUT2D eigenvalue weighted by Gasteiger charge is -1.90. The molecular formula is C8H6ClNO. The number of rotatable bonds is 2. The molecule has 0 saturated heterocycles. The van der Waals surface area contributed by atoms with E-state index in [-0.39, 0.29) is 0 Å². The zero-order chi connectivity index (χ0) is 8.10. The van der Waals surface area contributed by atoms with Gasteiger partial charge in [-0.25, -0.2) is 0 Å². The van der Waals surface area contributed by atoms with Crippen LogP contribution in [-0.4, -0.2) is 12.5 Å². The van der Waals surface area contributed by atoms with E-state index >= 15 is 0 Å². The topological polar surface area (TPSA) is 29.4 Å². The molecule has 0 amide bonds. The second-order valence-electron chi connectivity index (χ2n) is 1.89. The Labute approximate surface area is 69.5 Å². The summed E-state index contributed by atoms with van der Waals surface area (Å²) in [4.78, 5) is 13.7. The SMILES string of the molecule is O=CC=Nc1cccc(Cl)c1. The molecule has 0 radical (unpaired) electrons. The lowest BCUT2D eigenvalue weighted by atomic mass is 10.3. The van der Waals surface area contributed by atoms with Crippen LogP contribution in [0.1, 0.15) is 0 Å². The molecular weight excluding hydrogens is 162 g/mol. The molecule has 1 rings (SSSR count). The van der Waals surface area contributed by atoms with Crippen molar-refractivity contribution in [1.29, 1.82) is 0 Å². The molecule has 0 fully saturated rings. The summed E-state index contributed by atoms with van der Waals surface area (Å²) < 4.78 is 0. The van der Waals surface area contributed by atoms with Crippen molar-refractivity contribution < 1.29 is 4.79 Å². The number of carbonyl (C=O) groups is 1. The first-order valence-electron chi connectivity index (χ1n) is 3.06. The van der Waals surface area contributed by atoms with Gasteiger partial charge in [0.05, 0.1) is 11.9 Å². The van der Waals surface area contributed by atoms with Gasteiger partial charge in [-0.1, -0.05) is 17.7 Å². The van der Waals surface area contributed by atoms with E-state index in [1.807, 2.05) is 0 Å². The molecule has 0 bridgehead atoms. The van der Waals surface area contributed by atoms with E-state index in [0.717, 1.165) is 0 Å². The molecule has 56 valence electrons. The van der Waals surface area contributed by atoms with Crippen LogP contribution in [0.25, 0.3) is 0 Å². The summed E-state index contributed by atoms with van der Waals surface area (Å²) in [6.45, 7) is 0. The van der Waals surface area contributed by atoms with E-state index in [1.165, 1.54) is 6.21 Å². The molecule has 3 heteroatoms. The standard InChI is InChI=1S/C8H6ClNO/c9-7-2-1-3-8(6-7)10-4-5-11/h1-6H. The van der Waals surface area contributed by atoms with Crippen molar-refractivity contribution in [2.24, 2.45) is 4.99 Å². The number of hydrogen-bond acceptors (Lipinski definition) is 2. The molecule has 0 aromatic heterocycles. The third-order valence-electron chi connectivity index (χ3n) is 1.09. The van der Waals surface area contributed by atoms with Gasteiger partial charge in [0.2, 0.25) is 0 Å². The lowest BCUT2D eigenvalue weighted by molar-refractivity contribution is -0.102. The Balaban J connectivity index is 2.87. The van der Waals surface area contributed by atoms with Gasteiger partial charge in [-0.2, -0.15) is 0 Å². The van der Waals surface area contributed by atoms with Crippen LogP contribution in [0.5, 0.6) is 0 Å². The first-order valence-corrected chi connectivity index (χ1v) is 3.44. The van der Waals surface area contributed by atoms with Gasteiger partial charge in [0.1, 0.15) is 0 Å². The smallest absolute Gasteiger partial charge is 0.161 e. The van der Waals surface area contributed by atoms with Gasteiger partial charge in [0, 0.05) is 5.02 Å². The van der Waals surface area contributed by atoms with Gasteiger partial charge in [-0.05, 0) is 18.2 Å². The van der Waals surface area contributed by atoms with Crippen LogP contribution in [0.3, 0.4) is 0 Å². The molecule has 0 aliphatic heterocycles. The summed E-state index contributed by atoms with van der Waals surface area (Å²) in [5.74, 6) is 0. The van der Waals surface area contributed by atoms with Crippen molar-refractivity contribution in [3.63, 3.8) is 0 Å². The Kier molecular flexibility index (Phi) is 2.81. The highest BCUT2D eigenvalue weighted by atomic mass is 35.5. The van der Waals surface area contributed by atoms with Crippen LogP contribution in [0, 0.1) is 0 Å². The third-order valence-corrected chi connectivity index (χ3v) is 1.33. The molecule has 1 aromatic rings. The summed E-state index contributed by atoms with van der Waals surface area (Å²) in [7, 11) is 0. The first-order chi connectivity index (χ1) is 5.33. The lowest BCUT2D eigenvalue weighted by Crippen LogP contribution is -1.71. The van der Waals surface area contributed by atoms with Gasteiger partial charge in [-0.3, -0.25) is 9.79 Å². The number of aliphatic imine (C=N–C) groups is 1. The maximum absolute atomic E-state index is 9.88. The second kappa shape index (κ2) is 3.88. The molecule has 0 aliphatic carbocycles.